The number of hydrogen-bond acceptors (Lipinski definition) is 4. The average molecular weight is 293 g/mol. The molecule has 0 radical (unpaired) electrons. The fourth-order valence-corrected chi connectivity index (χ4v) is 1.73. The van der Waals surface area contributed by atoms with Crippen molar-refractivity contribution >= 4 is 11.9 Å². The lowest BCUT2D eigenvalue weighted by atomic mass is 9.94. The van der Waals surface area contributed by atoms with Crippen LogP contribution in [0.3, 0.4) is 0 Å². The number of carbonyl (C=O) groups excluding carboxylic acids is 2. The van der Waals surface area contributed by atoms with E-state index in [0.717, 1.165) is 0 Å². The highest BCUT2D eigenvalue weighted by Crippen LogP contribution is 2.36. The number of nitrogens with two attached hydrogens (primary N) is 1. The van der Waals surface area contributed by atoms with Gasteiger partial charge in [-0.05, 0) is 30.6 Å². The molecule has 1 aliphatic heterocycles. The second-order valence-corrected chi connectivity index (χ2v) is 4.15. The maximum atomic E-state index is 12.3. The lowest BCUT2D eigenvalue weighted by molar-refractivity contribution is -0.213. The number of allylic oxidation sites excluding steroid dienone is 3. The number of rotatable bonds is 0. The monoisotopic (exact) mass is 293 g/mol. The Hall–Kier alpha value is -1.99. The minimum Gasteiger partial charge on any atom is -0.481 e. The van der Waals surface area contributed by atoms with Gasteiger partial charge in [0, 0.05) is 6.42 Å². The number of methoxy groups -OCH3 is 1. The third-order valence-corrected chi connectivity index (χ3v) is 2.70. The number of hydrogen-bond donors (Lipinski definition) is 1. The highest BCUT2D eigenvalue weighted by atomic mass is 19.4. The Morgan fingerprint density at radius 2 is 2.05 bits per heavy atom. The van der Waals surface area contributed by atoms with Gasteiger partial charge in [0.1, 0.15) is 5.76 Å². The molecule has 0 saturated heterocycles. The Morgan fingerprint density at radius 3 is 2.55 bits per heavy atom. The fourth-order valence-electron chi connectivity index (χ4n) is 1.73. The minimum absolute atomic E-state index is 0.0807. The quantitative estimate of drug-likeness (QED) is 0.742. The van der Waals surface area contributed by atoms with Crippen molar-refractivity contribution in [1.29, 1.82) is 0 Å². The minimum atomic E-state index is -4.33. The zero-order valence-corrected chi connectivity index (χ0v) is 10.7. The van der Waals surface area contributed by atoms with Crippen LogP contribution < -0.4 is 5.73 Å². The van der Waals surface area contributed by atoms with Crippen LogP contribution in [0.15, 0.2) is 23.5 Å². The molecular formula is C12H14F3NO4. The lowest BCUT2D eigenvalue weighted by Gasteiger charge is -2.29. The molecule has 0 aromatic heterocycles. The van der Waals surface area contributed by atoms with E-state index in [-0.39, 0.29) is 30.8 Å². The first-order valence-electron chi connectivity index (χ1n) is 5.73. The van der Waals surface area contributed by atoms with E-state index >= 15 is 0 Å². The summed E-state index contributed by atoms with van der Waals surface area (Å²) in [5, 5.41) is 0. The molecule has 1 aliphatic carbocycles. The van der Waals surface area contributed by atoms with Crippen molar-refractivity contribution < 1.29 is 32.2 Å². The van der Waals surface area contributed by atoms with Gasteiger partial charge in [-0.25, -0.2) is 4.79 Å². The van der Waals surface area contributed by atoms with Crippen LogP contribution in [-0.2, 0) is 14.3 Å². The first kappa shape index (κ1) is 16.1. The molecule has 1 amide bonds. The van der Waals surface area contributed by atoms with E-state index in [1.165, 1.54) is 19.3 Å². The van der Waals surface area contributed by atoms with Crippen LogP contribution >= 0.6 is 0 Å². The smallest absolute Gasteiger partial charge is 0.425 e. The summed E-state index contributed by atoms with van der Waals surface area (Å²) in [6.45, 7) is 0. The highest BCUT2D eigenvalue weighted by Gasteiger charge is 2.43. The lowest BCUT2D eigenvalue weighted by Crippen LogP contribution is -2.34. The van der Waals surface area contributed by atoms with Gasteiger partial charge in [-0.1, -0.05) is 0 Å². The van der Waals surface area contributed by atoms with Gasteiger partial charge in [0.2, 0.25) is 0 Å². The predicted octanol–water partition coefficient (Wildman–Crippen LogP) is 2.22. The van der Waals surface area contributed by atoms with Crippen LogP contribution in [0, 0.1) is 0 Å². The van der Waals surface area contributed by atoms with Gasteiger partial charge in [0.15, 0.2) is 11.9 Å². The molecule has 0 aromatic carbocycles. The second-order valence-electron chi connectivity index (χ2n) is 4.15. The molecule has 5 nitrogen and oxygen atoms in total. The largest absolute Gasteiger partial charge is 0.481 e. The summed E-state index contributed by atoms with van der Waals surface area (Å²) in [5.74, 6) is 0.144. The molecule has 0 spiro atoms. The summed E-state index contributed by atoms with van der Waals surface area (Å²) in [6, 6.07) is 0. The molecule has 2 aliphatic rings. The number of carbonyl (C=O) groups is 2. The van der Waals surface area contributed by atoms with Crippen LogP contribution in [0.1, 0.15) is 19.3 Å². The van der Waals surface area contributed by atoms with Gasteiger partial charge >= 0.3 is 12.3 Å². The predicted molar refractivity (Wildman–Crippen MR) is 62.5 cm³/mol. The maximum Gasteiger partial charge on any atom is 0.425 e. The van der Waals surface area contributed by atoms with E-state index in [0.29, 0.717) is 5.57 Å². The molecular weight excluding hydrogens is 279 g/mol. The van der Waals surface area contributed by atoms with E-state index in [9.17, 15) is 22.8 Å². The number of amides is 1. The molecule has 1 heterocycles. The van der Waals surface area contributed by atoms with Crippen LogP contribution in [-0.4, -0.2) is 31.3 Å². The fraction of sp³-hybridized carbons (Fsp3) is 0.500. The summed E-state index contributed by atoms with van der Waals surface area (Å²) in [4.78, 5) is 20.4. The molecule has 0 bridgehead atoms. The van der Waals surface area contributed by atoms with Crippen molar-refractivity contribution in [1.82, 2.24) is 0 Å². The van der Waals surface area contributed by atoms with Crippen molar-refractivity contribution in [2.24, 2.45) is 5.73 Å². The topological polar surface area (TPSA) is 78.6 Å². The SMILES string of the molecule is COC(N)=O.O=C1C=CC2=C(CCC(C(F)(F)F)O2)C1. The second kappa shape index (κ2) is 6.44. The molecule has 0 fully saturated rings. The van der Waals surface area contributed by atoms with E-state index in [1.54, 1.807) is 0 Å². The first-order valence-corrected chi connectivity index (χ1v) is 5.73. The summed E-state index contributed by atoms with van der Waals surface area (Å²) in [5.41, 5.74) is 5.11. The number of primary amides is 1. The first-order chi connectivity index (χ1) is 9.24. The molecule has 2 N–H and O–H groups in total. The van der Waals surface area contributed by atoms with Crippen molar-refractivity contribution in [2.75, 3.05) is 7.11 Å². The Bertz CT molecular complexity index is 454. The van der Waals surface area contributed by atoms with Gasteiger partial charge in [-0.2, -0.15) is 13.2 Å². The van der Waals surface area contributed by atoms with Gasteiger partial charge in [0.25, 0.3) is 0 Å². The number of alkyl halides is 3. The third-order valence-electron chi connectivity index (χ3n) is 2.70. The highest BCUT2D eigenvalue weighted by molar-refractivity contribution is 5.93. The molecule has 1 unspecified atom stereocenters. The zero-order chi connectivity index (χ0) is 15.3. The standard InChI is InChI=1S/C10H9F3O2.C2H5NO2/c11-10(12,13)9-4-1-6-5-7(14)2-3-8(6)15-9;1-5-2(3)4/h2-3,9H,1,4-5H2;1H3,(H2,3,4). The molecule has 8 heteroatoms. The normalized spacial score (nSPS) is 21.4. The van der Waals surface area contributed by atoms with Crippen molar-refractivity contribution in [3.8, 4) is 0 Å². The zero-order valence-electron chi connectivity index (χ0n) is 10.7. The van der Waals surface area contributed by atoms with Crippen molar-refractivity contribution in [2.45, 2.75) is 31.5 Å². The van der Waals surface area contributed by atoms with E-state index in [4.69, 9.17) is 4.74 Å². The maximum absolute atomic E-state index is 12.3. The molecule has 0 saturated carbocycles. The Kier molecular flexibility index (Phi) is 5.18. The Morgan fingerprint density at radius 1 is 1.45 bits per heavy atom. The van der Waals surface area contributed by atoms with Crippen LogP contribution in [0.2, 0.25) is 0 Å². The van der Waals surface area contributed by atoms with Gasteiger partial charge < -0.3 is 15.2 Å². The number of ether oxygens (including phenoxy) is 2. The van der Waals surface area contributed by atoms with Crippen LogP contribution in [0.4, 0.5) is 18.0 Å². The summed E-state index contributed by atoms with van der Waals surface area (Å²) < 4.78 is 45.7. The van der Waals surface area contributed by atoms with Gasteiger partial charge in [-0.15, -0.1) is 0 Å². The summed E-state index contributed by atoms with van der Waals surface area (Å²) in [6.07, 6.45) is -3.82. The van der Waals surface area contributed by atoms with E-state index < -0.39 is 18.4 Å². The van der Waals surface area contributed by atoms with Crippen LogP contribution in [0.5, 0.6) is 0 Å². The number of halogens is 3. The van der Waals surface area contributed by atoms with Crippen molar-refractivity contribution in [3.63, 3.8) is 0 Å². The Balaban J connectivity index is 0.000000347. The average Bonchev–Trinajstić information content (AvgIpc) is 2.37. The number of ketones is 1. The molecule has 0 aromatic rings. The third kappa shape index (κ3) is 4.60. The molecule has 1 atom stereocenters. The Labute approximate surface area is 113 Å². The molecule has 2 rings (SSSR count). The molecule has 112 valence electrons. The summed E-state index contributed by atoms with van der Waals surface area (Å²) in [7, 11) is 1.22. The summed E-state index contributed by atoms with van der Waals surface area (Å²) >= 11 is 0. The van der Waals surface area contributed by atoms with Crippen LogP contribution in [0.25, 0.3) is 0 Å². The van der Waals surface area contributed by atoms with Gasteiger partial charge in [-0.3, -0.25) is 4.79 Å². The van der Waals surface area contributed by atoms with E-state index in [2.05, 4.69) is 10.5 Å². The van der Waals surface area contributed by atoms with Gasteiger partial charge in [0.05, 0.1) is 7.11 Å². The van der Waals surface area contributed by atoms with E-state index in [1.807, 2.05) is 0 Å². The van der Waals surface area contributed by atoms with Crippen molar-refractivity contribution in [3.05, 3.63) is 23.5 Å². The molecule has 20 heavy (non-hydrogen) atoms.